The van der Waals surface area contributed by atoms with Gasteiger partial charge in [-0.15, -0.1) is 0 Å². The van der Waals surface area contributed by atoms with Crippen molar-refractivity contribution in [2.45, 2.75) is 166 Å². The molecule has 0 unspecified atom stereocenters. The molecule has 0 aromatic heterocycles. The predicted octanol–water partition coefficient (Wildman–Crippen LogP) is 11.8. The van der Waals surface area contributed by atoms with Crippen molar-refractivity contribution < 1.29 is 29.2 Å². The summed E-state index contributed by atoms with van der Waals surface area (Å²) in [5.74, 6) is 1.74. The van der Waals surface area contributed by atoms with Crippen molar-refractivity contribution >= 4 is 12.4 Å². The van der Waals surface area contributed by atoms with E-state index in [-0.39, 0.29) is 23.6 Å². The van der Waals surface area contributed by atoms with Crippen LogP contribution in [0.15, 0.2) is 46.4 Å². The zero-order valence-corrected chi connectivity index (χ0v) is 34.0. The lowest BCUT2D eigenvalue weighted by Crippen LogP contribution is -2.27. The number of rotatable bonds is 32. The van der Waals surface area contributed by atoms with Crippen molar-refractivity contribution in [3.05, 3.63) is 47.5 Å². The van der Waals surface area contributed by atoms with Gasteiger partial charge in [0, 0.05) is 63.1 Å². The SMILES string of the molecule is COCCCCCCCCCCCCOc1ccc(C=N[C@@H]2CCCC[C@H]2N=Cc2ccc(OCCCCCCCCCCCCOC)cc2O)c(O)c1. The molecule has 0 bridgehead atoms. The van der Waals surface area contributed by atoms with Crippen LogP contribution >= 0.6 is 0 Å². The third kappa shape index (κ3) is 20.5. The Balaban J connectivity index is 1.31. The summed E-state index contributed by atoms with van der Waals surface area (Å²) in [4.78, 5) is 9.74. The summed E-state index contributed by atoms with van der Waals surface area (Å²) in [6.45, 7) is 3.10. The molecule has 8 heteroatoms. The molecular formula is C46H74N2O6. The Morgan fingerprint density at radius 2 is 0.796 bits per heavy atom. The molecule has 1 aliphatic rings. The van der Waals surface area contributed by atoms with E-state index in [9.17, 15) is 10.2 Å². The topological polar surface area (TPSA) is 102 Å². The van der Waals surface area contributed by atoms with Gasteiger partial charge in [0.05, 0.1) is 25.3 Å². The molecule has 0 saturated heterocycles. The summed E-state index contributed by atoms with van der Waals surface area (Å²) in [6.07, 6.45) is 32.7. The fraction of sp³-hybridized carbons (Fsp3) is 0.696. The first-order valence-electron chi connectivity index (χ1n) is 21.6. The van der Waals surface area contributed by atoms with Crippen LogP contribution in [0.5, 0.6) is 23.0 Å². The number of hydrogen-bond acceptors (Lipinski definition) is 8. The molecule has 0 amide bonds. The zero-order chi connectivity index (χ0) is 38.3. The van der Waals surface area contributed by atoms with Gasteiger partial charge in [-0.2, -0.15) is 0 Å². The molecule has 8 nitrogen and oxygen atoms in total. The van der Waals surface area contributed by atoms with Crippen LogP contribution in [0.25, 0.3) is 0 Å². The maximum Gasteiger partial charge on any atom is 0.128 e. The molecule has 2 aromatic carbocycles. The third-order valence-electron chi connectivity index (χ3n) is 10.5. The van der Waals surface area contributed by atoms with Gasteiger partial charge in [0.15, 0.2) is 0 Å². The Bertz CT molecular complexity index is 1190. The maximum absolute atomic E-state index is 10.7. The normalized spacial score (nSPS) is 16.1. The van der Waals surface area contributed by atoms with E-state index in [0.29, 0.717) is 35.8 Å². The molecule has 2 N–H and O–H groups in total. The van der Waals surface area contributed by atoms with Gasteiger partial charge in [-0.25, -0.2) is 0 Å². The number of methoxy groups -OCH3 is 2. The third-order valence-corrected chi connectivity index (χ3v) is 10.5. The van der Waals surface area contributed by atoms with Crippen LogP contribution < -0.4 is 9.47 Å². The van der Waals surface area contributed by atoms with Gasteiger partial charge in [-0.1, -0.05) is 116 Å². The highest BCUT2D eigenvalue weighted by molar-refractivity contribution is 5.85. The van der Waals surface area contributed by atoms with Gasteiger partial charge in [0.1, 0.15) is 23.0 Å². The molecule has 1 saturated carbocycles. The molecule has 2 aromatic rings. The Labute approximate surface area is 328 Å². The van der Waals surface area contributed by atoms with E-state index in [4.69, 9.17) is 28.9 Å². The largest absolute Gasteiger partial charge is 0.507 e. The van der Waals surface area contributed by atoms with E-state index >= 15 is 0 Å². The number of unbranched alkanes of at least 4 members (excludes halogenated alkanes) is 18. The van der Waals surface area contributed by atoms with Crippen LogP contribution in [-0.4, -0.2) is 75.4 Å². The number of hydrogen-bond donors (Lipinski definition) is 2. The second-order valence-corrected chi connectivity index (χ2v) is 15.2. The number of aromatic hydroxyl groups is 2. The summed E-state index contributed by atoms with van der Waals surface area (Å²) in [5.41, 5.74) is 1.37. The van der Waals surface area contributed by atoms with Crippen LogP contribution in [0.3, 0.4) is 0 Å². The number of benzene rings is 2. The smallest absolute Gasteiger partial charge is 0.128 e. The molecule has 2 atom stereocenters. The van der Waals surface area contributed by atoms with Crippen molar-refractivity contribution in [3.8, 4) is 23.0 Å². The van der Waals surface area contributed by atoms with Crippen molar-refractivity contribution in [1.29, 1.82) is 0 Å². The molecule has 3 rings (SSSR count). The van der Waals surface area contributed by atoms with E-state index in [2.05, 4.69) is 0 Å². The van der Waals surface area contributed by atoms with E-state index in [0.717, 1.165) is 51.7 Å². The molecular weight excluding hydrogens is 677 g/mol. The summed E-state index contributed by atoms with van der Waals surface area (Å²) in [5, 5.41) is 21.4. The van der Waals surface area contributed by atoms with Gasteiger partial charge >= 0.3 is 0 Å². The minimum Gasteiger partial charge on any atom is -0.507 e. The maximum atomic E-state index is 10.7. The first-order chi connectivity index (χ1) is 26.6. The number of ether oxygens (including phenoxy) is 4. The monoisotopic (exact) mass is 751 g/mol. The van der Waals surface area contributed by atoms with Gasteiger partial charge < -0.3 is 29.2 Å². The molecule has 1 aliphatic carbocycles. The average molecular weight is 751 g/mol. The second kappa shape index (κ2) is 30.2. The Morgan fingerprint density at radius 1 is 0.481 bits per heavy atom. The first-order valence-corrected chi connectivity index (χ1v) is 21.6. The highest BCUT2D eigenvalue weighted by Gasteiger charge is 2.23. The lowest BCUT2D eigenvalue weighted by molar-refractivity contribution is 0.192. The predicted molar refractivity (Wildman–Crippen MR) is 225 cm³/mol. The molecule has 0 aliphatic heterocycles. The summed E-state index contributed by atoms with van der Waals surface area (Å²) in [7, 11) is 3.55. The molecule has 0 spiro atoms. The average Bonchev–Trinajstić information content (AvgIpc) is 3.18. The number of nitrogens with zero attached hydrogens (tertiary/aromatic N) is 2. The van der Waals surface area contributed by atoms with Crippen molar-refractivity contribution in [2.75, 3.05) is 40.6 Å². The van der Waals surface area contributed by atoms with Crippen molar-refractivity contribution in [2.24, 2.45) is 9.98 Å². The van der Waals surface area contributed by atoms with Crippen molar-refractivity contribution in [3.63, 3.8) is 0 Å². The van der Waals surface area contributed by atoms with Crippen LogP contribution in [0.2, 0.25) is 0 Å². The molecule has 304 valence electrons. The highest BCUT2D eigenvalue weighted by atomic mass is 16.5. The van der Waals surface area contributed by atoms with Crippen LogP contribution in [0.1, 0.15) is 165 Å². The molecule has 1 fully saturated rings. The van der Waals surface area contributed by atoms with Gasteiger partial charge in [-0.3, -0.25) is 9.98 Å². The van der Waals surface area contributed by atoms with Crippen molar-refractivity contribution in [1.82, 2.24) is 0 Å². The van der Waals surface area contributed by atoms with Gasteiger partial charge in [0.2, 0.25) is 0 Å². The number of phenols is 2. The molecule has 0 radical (unpaired) electrons. The second-order valence-electron chi connectivity index (χ2n) is 15.2. The Hall–Kier alpha value is -3.10. The number of aliphatic imine (C=N–C) groups is 2. The van der Waals surface area contributed by atoms with Crippen LogP contribution in [0, 0.1) is 0 Å². The number of phenolic OH excluding ortho intramolecular Hbond substituents is 2. The first kappa shape index (κ1) is 45.3. The van der Waals surface area contributed by atoms with E-state index in [1.807, 2.05) is 24.3 Å². The van der Waals surface area contributed by atoms with Crippen LogP contribution in [-0.2, 0) is 9.47 Å². The van der Waals surface area contributed by atoms with E-state index in [1.165, 1.54) is 116 Å². The lowest BCUT2D eigenvalue weighted by Gasteiger charge is -2.25. The van der Waals surface area contributed by atoms with E-state index in [1.54, 1.807) is 38.8 Å². The quantitative estimate of drug-likeness (QED) is 0.0570. The fourth-order valence-electron chi connectivity index (χ4n) is 7.14. The minimum atomic E-state index is 0.0297. The molecule has 0 heterocycles. The van der Waals surface area contributed by atoms with Crippen LogP contribution in [0.4, 0.5) is 0 Å². The molecule has 54 heavy (non-hydrogen) atoms. The standard InChI is InChI=1S/C46H74N2O6/c1-51-31-21-15-11-7-3-5-9-13-17-23-33-53-41-29-27-39(45(49)35-41)37-47-43-25-19-20-26-44(43)48-38-40-28-30-42(36-46(40)50)54-34-24-18-14-10-6-4-8-12-16-22-32-52-2/h27-30,35-38,43-44,49-50H,3-26,31-34H2,1-2H3/t43-,44-/m1/s1. The summed E-state index contributed by atoms with van der Waals surface area (Å²) >= 11 is 0. The Kier molecular flexibility index (Phi) is 25.3. The minimum absolute atomic E-state index is 0.0297. The Morgan fingerprint density at radius 3 is 1.11 bits per heavy atom. The van der Waals surface area contributed by atoms with Gasteiger partial charge in [-0.05, 0) is 62.8 Å². The lowest BCUT2D eigenvalue weighted by atomic mass is 9.91. The zero-order valence-electron chi connectivity index (χ0n) is 34.0. The summed E-state index contributed by atoms with van der Waals surface area (Å²) < 4.78 is 22.1. The fourth-order valence-corrected chi connectivity index (χ4v) is 7.14. The highest BCUT2D eigenvalue weighted by Crippen LogP contribution is 2.28. The van der Waals surface area contributed by atoms with E-state index < -0.39 is 0 Å². The summed E-state index contributed by atoms with van der Waals surface area (Å²) in [6, 6.07) is 11.0. The van der Waals surface area contributed by atoms with Gasteiger partial charge in [0.25, 0.3) is 0 Å².